The van der Waals surface area contributed by atoms with Gasteiger partial charge in [-0.3, -0.25) is 4.79 Å². The Balaban J connectivity index is 2.30. The van der Waals surface area contributed by atoms with Gasteiger partial charge in [-0.25, -0.2) is 0 Å². The molecule has 0 N–H and O–H groups in total. The van der Waals surface area contributed by atoms with E-state index in [4.69, 9.17) is 0 Å². The molecule has 1 nitrogen and oxygen atoms in total. The number of fused-ring (bicyclic) bond motifs is 1. The predicted octanol–water partition coefficient (Wildman–Crippen LogP) is 1.40. The van der Waals surface area contributed by atoms with Crippen molar-refractivity contribution in [2.24, 2.45) is 17.8 Å². The molecule has 3 aliphatic carbocycles. The van der Waals surface area contributed by atoms with Crippen molar-refractivity contribution in [2.75, 3.05) is 0 Å². The number of carbonyl (C=O) groups excluding carboxylic acids is 1. The van der Waals surface area contributed by atoms with E-state index in [1.54, 1.807) is 0 Å². The van der Waals surface area contributed by atoms with Crippen molar-refractivity contribution in [1.82, 2.24) is 0 Å². The first-order chi connectivity index (χ1) is 4.30. The molecule has 0 spiro atoms. The van der Waals surface area contributed by atoms with Crippen LogP contribution in [0.3, 0.4) is 0 Å². The second-order valence-electron chi connectivity index (χ2n) is 3.06. The Morgan fingerprint density at radius 3 is 2.67 bits per heavy atom. The number of carbonyl (C=O) groups is 1. The normalized spacial score (nSPS) is 46.8. The van der Waals surface area contributed by atoms with Crippen molar-refractivity contribution in [2.45, 2.75) is 13.3 Å². The van der Waals surface area contributed by atoms with Gasteiger partial charge in [0.15, 0.2) is 0 Å². The number of hydrogen-bond donors (Lipinski definition) is 0. The smallest absolute Gasteiger partial charge is 0.143 e. The number of Topliss-reactive ketones (excluding diaryl/α,β-unsaturated/α-hetero) is 1. The fraction of sp³-hybridized carbons (Fsp3) is 0.625. The van der Waals surface area contributed by atoms with E-state index in [2.05, 4.69) is 19.1 Å². The van der Waals surface area contributed by atoms with Crippen LogP contribution in [0.4, 0.5) is 0 Å². The van der Waals surface area contributed by atoms with E-state index >= 15 is 0 Å². The minimum absolute atomic E-state index is 0.295. The van der Waals surface area contributed by atoms with Crippen molar-refractivity contribution >= 4 is 5.78 Å². The fourth-order valence-corrected chi connectivity index (χ4v) is 1.87. The molecule has 3 atom stereocenters. The highest BCUT2D eigenvalue weighted by Crippen LogP contribution is 2.43. The van der Waals surface area contributed by atoms with Crippen LogP contribution >= 0.6 is 0 Å². The maximum absolute atomic E-state index is 11.0. The molecule has 0 aromatic rings. The highest BCUT2D eigenvalue weighted by Gasteiger charge is 2.46. The van der Waals surface area contributed by atoms with Crippen LogP contribution in [0.15, 0.2) is 12.2 Å². The van der Waals surface area contributed by atoms with Crippen LogP contribution in [0.5, 0.6) is 0 Å². The molecular formula is C8H10O. The summed E-state index contributed by atoms with van der Waals surface area (Å²) < 4.78 is 0. The van der Waals surface area contributed by atoms with Crippen LogP contribution in [0, 0.1) is 17.8 Å². The third-order valence-corrected chi connectivity index (χ3v) is 2.63. The molecule has 0 aromatic carbocycles. The van der Waals surface area contributed by atoms with Gasteiger partial charge in [-0.05, 0) is 12.3 Å². The number of hydrogen-bond acceptors (Lipinski definition) is 1. The minimum atomic E-state index is 0.295. The van der Waals surface area contributed by atoms with Crippen LogP contribution in [-0.4, -0.2) is 5.78 Å². The van der Waals surface area contributed by atoms with E-state index in [1.165, 1.54) is 0 Å². The summed E-state index contributed by atoms with van der Waals surface area (Å²) >= 11 is 0. The quantitative estimate of drug-likeness (QED) is 0.444. The molecule has 9 heavy (non-hydrogen) atoms. The van der Waals surface area contributed by atoms with Gasteiger partial charge in [-0.1, -0.05) is 19.1 Å². The summed E-state index contributed by atoms with van der Waals surface area (Å²) in [6.45, 7) is 2.17. The highest BCUT2D eigenvalue weighted by molar-refractivity contribution is 5.92. The molecule has 0 saturated heterocycles. The predicted molar refractivity (Wildman–Crippen MR) is 34.9 cm³/mol. The molecule has 48 valence electrons. The van der Waals surface area contributed by atoms with Gasteiger partial charge in [0.05, 0.1) is 0 Å². The highest BCUT2D eigenvalue weighted by atomic mass is 16.1. The number of ketones is 1. The average molecular weight is 122 g/mol. The Bertz CT molecular complexity index is 181. The molecular weight excluding hydrogens is 112 g/mol. The molecule has 0 aromatic heterocycles. The molecule has 1 saturated carbocycles. The van der Waals surface area contributed by atoms with E-state index in [-0.39, 0.29) is 0 Å². The van der Waals surface area contributed by atoms with E-state index in [0.29, 0.717) is 23.5 Å². The van der Waals surface area contributed by atoms with E-state index in [0.717, 1.165) is 6.42 Å². The summed E-state index contributed by atoms with van der Waals surface area (Å²) in [5.41, 5.74) is 0. The van der Waals surface area contributed by atoms with Crippen LogP contribution in [0.2, 0.25) is 0 Å². The Morgan fingerprint density at radius 1 is 1.67 bits per heavy atom. The van der Waals surface area contributed by atoms with Gasteiger partial charge in [-0.15, -0.1) is 0 Å². The molecule has 3 rings (SSSR count). The summed E-state index contributed by atoms with van der Waals surface area (Å²) in [7, 11) is 0. The zero-order chi connectivity index (χ0) is 6.43. The maximum atomic E-state index is 11.0. The van der Waals surface area contributed by atoms with E-state index < -0.39 is 0 Å². The SMILES string of the molecule is CC1C2C=CCC1C2=O. The van der Waals surface area contributed by atoms with Gasteiger partial charge in [0.1, 0.15) is 5.78 Å². The standard InChI is InChI=1S/C8H10O/c1-5-6-3-2-4-7(5)8(6)9/h2-3,5-7H,4H2,1H3. The number of rotatable bonds is 0. The van der Waals surface area contributed by atoms with Crippen molar-refractivity contribution in [1.29, 1.82) is 0 Å². The third-order valence-electron chi connectivity index (χ3n) is 2.63. The first-order valence-electron chi connectivity index (χ1n) is 3.51. The van der Waals surface area contributed by atoms with Crippen molar-refractivity contribution in [3.63, 3.8) is 0 Å². The molecule has 0 aliphatic heterocycles. The van der Waals surface area contributed by atoms with Crippen LogP contribution < -0.4 is 0 Å². The fourth-order valence-electron chi connectivity index (χ4n) is 1.87. The lowest BCUT2D eigenvalue weighted by Crippen LogP contribution is -2.46. The summed E-state index contributed by atoms with van der Waals surface area (Å²) in [4.78, 5) is 11.0. The monoisotopic (exact) mass is 122 g/mol. The van der Waals surface area contributed by atoms with E-state index in [1.807, 2.05) is 0 Å². The Morgan fingerprint density at radius 2 is 2.44 bits per heavy atom. The zero-order valence-electron chi connectivity index (χ0n) is 5.50. The molecule has 3 aliphatic rings. The Hall–Kier alpha value is -0.590. The van der Waals surface area contributed by atoms with Crippen LogP contribution in [0.1, 0.15) is 13.3 Å². The second-order valence-corrected chi connectivity index (χ2v) is 3.06. The van der Waals surface area contributed by atoms with Crippen molar-refractivity contribution in [3.05, 3.63) is 12.2 Å². The van der Waals surface area contributed by atoms with Crippen LogP contribution in [0.25, 0.3) is 0 Å². The lowest BCUT2D eigenvalue weighted by atomic mass is 9.60. The molecule has 3 unspecified atom stereocenters. The largest absolute Gasteiger partial charge is 0.299 e. The summed E-state index contributed by atoms with van der Waals surface area (Å²) in [5, 5.41) is 0. The van der Waals surface area contributed by atoms with Crippen LogP contribution in [-0.2, 0) is 4.79 Å². The van der Waals surface area contributed by atoms with Gasteiger partial charge in [-0.2, -0.15) is 0 Å². The molecule has 0 heterocycles. The third kappa shape index (κ3) is 0.473. The Labute approximate surface area is 54.8 Å². The minimum Gasteiger partial charge on any atom is -0.299 e. The second kappa shape index (κ2) is 1.47. The first-order valence-corrected chi connectivity index (χ1v) is 3.51. The molecule has 1 heteroatoms. The van der Waals surface area contributed by atoms with Crippen molar-refractivity contribution < 1.29 is 4.79 Å². The van der Waals surface area contributed by atoms with Gasteiger partial charge >= 0.3 is 0 Å². The molecule has 0 amide bonds. The topological polar surface area (TPSA) is 17.1 Å². The summed E-state index contributed by atoms with van der Waals surface area (Å²) in [6, 6.07) is 0. The first kappa shape index (κ1) is 5.21. The Kier molecular flexibility index (Phi) is 0.850. The average Bonchev–Trinajstić information content (AvgIpc) is 1.91. The lowest BCUT2D eigenvalue weighted by molar-refractivity contribution is -0.139. The van der Waals surface area contributed by atoms with Gasteiger partial charge in [0, 0.05) is 11.8 Å². The van der Waals surface area contributed by atoms with E-state index in [9.17, 15) is 4.79 Å². The molecule has 0 radical (unpaired) electrons. The van der Waals surface area contributed by atoms with Crippen molar-refractivity contribution in [3.8, 4) is 0 Å². The zero-order valence-corrected chi connectivity index (χ0v) is 5.50. The summed E-state index contributed by atoms with van der Waals surface area (Å²) in [6.07, 6.45) is 5.19. The molecule has 1 fully saturated rings. The maximum Gasteiger partial charge on any atom is 0.143 e. The van der Waals surface area contributed by atoms with Gasteiger partial charge < -0.3 is 0 Å². The summed E-state index contributed by atoms with van der Waals surface area (Å²) in [5.74, 6) is 1.80. The lowest BCUT2D eigenvalue weighted by Gasteiger charge is -2.42. The van der Waals surface area contributed by atoms with Gasteiger partial charge in [0.25, 0.3) is 0 Å². The van der Waals surface area contributed by atoms with Gasteiger partial charge in [0.2, 0.25) is 0 Å². The number of allylic oxidation sites excluding steroid dienone is 2. The molecule has 2 bridgehead atoms.